The molecule has 114 valence electrons. The number of hydrogen-bond acceptors (Lipinski definition) is 3. The van der Waals surface area contributed by atoms with Gasteiger partial charge in [-0.15, -0.1) is 11.3 Å². The first kappa shape index (κ1) is 17.2. The van der Waals surface area contributed by atoms with Crippen molar-refractivity contribution in [3.8, 4) is 0 Å². The molecule has 0 radical (unpaired) electrons. The summed E-state index contributed by atoms with van der Waals surface area (Å²) in [7, 11) is 0. The Morgan fingerprint density at radius 2 is 2.00 bits per heavy atom. The van der Waals surface area contributed by atoms with Crippen LogP contribution in [0.3, 0.4) is 0 Å². The van der Waals surface area contributed by atoms with Crippen molar-refractivity contribution in [3.05, 3.63) is 21.9 Å². The number of thiophene rings is 1. The molecule has 4 heteroatoms. The first-order valence-electron chi connectivity index (χ1n) is 7.43. The van der Waals surface area contributed by atoms with Gasteiger partial charge in [-0.2, -0.15) is 0 Å². The van der Waals surface area contributed by atoms with Crippen LogP contribution in [-0.2, 0) is 17.8 Å². The first-order chi connectivity index (χ1) is 9.43. The van der Waals surface area contributed by atoms with E-state index in [1.54, 1.807) is 11.3 Å². The normalized spacial score (nSPS) is 11.8. The monoisotopic (exact) mass is 297 g/mol. The van der Waals surface area contributed by atoms with Crippen molar-refractivity contribution in [1.82, 2.24) is 5.32 Å². The quantitative estimate of drug-likeness (QED) is 0.640. The molecule has 1 aromatic heterocycles. The lowest BCUT2D eigenvalue weighted by Gasteiger charge is -2.25. The van der Waals surface area contributed by atoms with Gasteiger partial charge in [-0.1, -0.05) is 40.0 Å². The Morgan fingerprint density at radius 1 is 1.30 bits per heavy atom. The lowest BCUT2D eigenvalue weighted by Crippen LogP contribution is -2.28. The Balaban J connectivity index is 2.29. The van der Waals surface area contributed by atoms with Gasteiger partial charge in [0, 0.05) is 22.8 Å². The van der Waals surface area contributed by atoms with Crippen molar-refractivity contribution in [3.63, 3.8) is 0 Å². The van der Waals surface area contributed by atoms with Gasteiger partial charge in [-0.05, 0) is 24.0 Å². The number of rotatable bonds is 10. The Hall–Kier alpha value is -0.870. The lowest BCUT2D eigenvalue weighted by atomic mass is 9.87. The molecule has 1 rings (SSSR count). The van der Waals surface area contributed by atoms with Crippen LogP contribution in [0.1, 0.15) is 56.2 Å². The fourth-order valence-electron chi connectivity index (χ4n) is 2.23. The standard InChI is InChI=1S/C16H27NO2S/c1-4-5-6-9-16(2,3)12-17-11-14-8-7-13(20-14)10-15(18)19/h7-8,17H,4-6,9-12H2,1-3H3,(H,18,19). The third-order valence-corrected chi connectivity index (χ3v) is 4.49. The van der Waals surface area contributed by atoms with Crippen molar-refractivity contribution in [2.24, 2.45) is 5.41 Å². The molecule has 0 saturated heterocycles. The van der Waals surface area contributed by atoms with Crippen LogP contribution in [0.25, 0.3) is 0 Å². The molecule has 2 N–H and O–H groups in total. The molecule has 0 saturated carbocycles. The topological polar surface area (TPSA) is 49.3 Å². The van der Waals surface area contributed by atoms with Crippen LogP contribution in [0.2, 0.25) is 0 Å². The van der Waals surface area contributed by atoms with Crippen LogP contribution in [0.15, 0.2) is 12.1 Å². The summed E-state index contributed by atoms with van der Waals surface area (Å²) in [4.78, 5) is 12.8. The SMILES string of the molecule is CCCCCC(C)(C)CNCc1ccc(CC(=O)O)s1. The Labute approximate surface area is 126 Å². The highest BCUT2D eigenvalue weighted by Crippen LogP contribution is 2.23. The zero-order valence-corrected chi connectivity index (χ0v) is 13.7. The van der Waals surface area contributed by atoms with Gasteiger partial charge in [0.15, 0.2) is 0 Å². The summed E-state index contributed by atoms with van der Waals surface area (Å²) < 4.78 is 0. The van der Waals surface area contributed by atoms with Crippen LogP contribution in [0, 0.1) is 5.41 Å². The van der Waals surface area contributed by atoms with Crippen molar-refractivity contribution in [2.75, 3.05) is 6.54 Å². The van der Waals surface area contributed by atoms with Crippen molar-refractivity contribution < 1.29 is 9.90 Å². The van der Waals surface area contributed by atoms with E-state index >= 15 is 0 Å². The maximum atomic E-state index is 10.6. The predicted molar refractivity (Wildman–Crippen MR) is 85.3 cm³/mol. The van der Waals surface area contributed by atoms with E-state index in [0.717, 1.165) is 18.0 Å². The number of unbranched alkanes of at least 4 members (excludes halogenated alkanes) is 2. The summed E-state index contributed by atoms with van der Waals surface area (Å²) in [5, 5.41) is 12.3. The summed E-state index contributed by atoms with van der Waals surface area (Å²) in [5.74, 6) is -0.761. The number of nitrogens with one attached hydrogen (secondary N) is 1. The number of carbonyl (C=O) groups is 1. The molecule has 0 fully saturated rings. The molecule has 0 aliphatic carbocycles. The van der Waals surface area contributed by atoms with Crippen LogP contribution in [0.4, 0.5) is 0 Å². The molecule has 0 spiro atoms. The number of carboxylic acids is 1. The van der Waals surface area contributed by atoms with Gasteiger partial charge in [-0.3, -0.25) is 4.79 Å². The minimum absolute atomic E-state index is 0.132. The van der Waals surface area contributed by atoms with E-state index in [4.69, 9.17) is 5.11 Å². The van der Waals surface area contributed by atoms with Crippen LogP contribution in [0.5, 0.6) is 0 Å². The van der Waals surface area contributed by atoms with Gasteiger partial charge < -0.3 is 10.4 Å². The largest absolute Gasteiger partial charge is 0.481 e. The highest BCUT2D eigenvalue weighted by molar-refractivity contribution is 7.12. The second-order valence-electron chi connectivity index (χ2n) is 6.16. The minimum Gasteiger partial charge on any atom is -0.481 e. The highest BCUT2D eigenvalue weighted by Gasteiger charge is 2.16. The van der Waals surface area contributed by atoms with Crippen molar-refractivity contribution >= 4 is 17.3 Å². The average molecular weight is 297 g/mol. The number of carboxylic acid groups (broad SMARTS) is 1. The maximum absolute atomic E-state index is 10.6. The van der Waals surface area contributed by atoms with E-state index in [1.807, 2.05) is 12.1 Å². The highest BCUT2D eigenvalue weighted by atomic mass is 32.1. The molecule has 0 aliphatic rings. The molecule has 1 aromatic rings. The molecule has 0 amide bonds. The van der Waals surface area contributed by atoms with E-state index in [-0.39, 0.29) is 6.42 Å². The zero-order valence-electron chi connectivity index (χ0n) is 12.9. The molecule has 0 bridgehead atoms. The van der Waals surface area contributed by atoms with Gasteiger partial charge in [-0.25, -0.2) is 0 Å². The molecule has 3 nitrogen and oxygen atoms in total. The molecular formula is C16H27NO2S. The fourth-order valence-corrected chi connectivity index (χ4v) is 3.21. The smallest absolute Gasteiger partial charge is 0.308 e. The van der Waals surface area contributed by atoms with E-state index in [0.29, 0.717) is 5.41 Å². The molecule has 0 aliphatic heterocycles. The molecule has 0 unspecified atom stereocenters. The Bertz CT molecular complexity index is 412. The van der Waals surface area contributed by atoms with Crippen molar-refractivity contribution in [1.29, 1.82) is 0 Å². The molecule has 1 heterocycles. The van der Waals surface area contributed by atoms with Crippen LogP contribution >= 0.6 is 11.3 Å². The first-order valence-corrected chi connectivity index (χ1v) is 8.25. The second kappa shape index (κ2) is 8.42. The fraction of sp³-hybridized carbons (Fsp3) is 0.688. The van der Waals surface area contributed by atoms with Crippen molar-refractivity contribution in [2.45, 2.75) is 59.4 Å². The molecule has 0 atom stereocenters. The Kier molecular flexibility index (Phi) is 7.24. The lowest BCUT2D eigenvalue weighted by molar-refractivity contribution is -0.136. The summed E-state index contributed by atoms with van der Waals surface area (Å²) in [5.41, 5.74) is 0.330. The Morgan fingerprint density at radius 3 is 2.65 bits per heavy atom. The van der Waals surface area contributed by atoms with E-state index in [1.165, 1.54) is 30.6 Å². The average Bonchev–Trinajstić information content (AvgIpc) is 2.75. The number of hydrogen-bond donors (Lipinski definition) is 2. The van der Waals surface area contributed by atoms with Gasteiger partial charge in [0.1, 0.15) is 0 Å². The molecule has 20 heavy (non-hydrogen) atoms. The van der Waals surface area contributed by atoms with Crippen LogP contribution in [-0.4, -0.2) is 17.6 Å². The van der Waals surface area contributed by atoms with Crippen LogP contribution < -0.4 is 5.32 Å². The molecular weight excluding hydrogens is 270 g/mol. The summed E-state index contributed by atoms with van der Waals surface area (Å²) in [6.45, 7) is 8.68. The second-order valence-corrected chi connectivity index (χ2v) is 7.42. The molecule has 0 aromatic carbocycles. The minimum atomic E-state index is -0.761. The maximum Gasteiger partial charge on any atom is 0.308 e. The van der Waals surface area contributed by atoms with E-state index < -0.39 is 5.97 Å². The van der Waals surface area contributed by atoms with E-state index in [2.05, 4.69) is 26.1 Å². The summed E-state index contributed by atoms with van der Waals surface area (Å²) >= 11 is 1.59. The van der Waals surface area contributed by atoms with Gasteiger partial charge in [0.05, 0.1) is 6.42 Å². The predicted octanol–water partition coefficient (Wildman–Crippen LogP) is 4.07. The third kappa shape index (κ3) is 7.06. The van der Waals surface area contributed by atoms with Gasteiger partial charge in [0.2, 0.25) is 0 Å². The summed E-state index contributed by atoms with van der Waals surface area (Å²) in [6.07, 6.45) is 5.26. The van der Waals surface area contributed by atoms with E-state index in [9.17, 15) is 4.79 Å². The third-order valence-electron chi connectivity index (χ3n) is 3.40. The van der Waals surface area contributed by atoms with Gasteiger partial charge >= 0.3 is 5.97 Å². The van der Waals surface area contributed by atoms with Gasteiger partial charge in [0.25, 0.3) is 0 Å². The summed E-state index contributed by atoms with van der Waals surface area (Å²) in [6, 6.07) is 3.95. The number of aliphatic carboxylic acids is 1. The zero-order chi connectivity index (χ0) is 15.0.